The highest BCUT2D eigenvalue weighted by Gasteiger charge is 2.03. The highest BCUT2D eigenvalue weighted by molar-refractivity contribution is 8.22. The molecule has 0 fully saturated rings. The first kappa shape index (κ1) is 5.92. The normalized spacial score (nSPS) is 22.6. The molecule has 0 bridgehead atoms. The van der Waals surface area contributed by atoms with E-state index in [1.807, 2.05) is 6.21 Å². The molecule has 52 valence electrons. The number of allylic oxidation sites excluding steroid dienone is 2. The predicted molar refractivity (Wildman–Crippen MR) is 47.4 cm³/mol. The van der Waals surface area contributed by atoms with Gasteiger partial charge in [0.05, 0.1) is 12.8 Å². The molecule has 0 aromatic rings. The number of nitrogens with zero attached hydrogens (tertiary/aromatic N) is 1. The van der Waals surface area contributed by atoms with Gasteiger partial charge in [-0.25, -0.2) is 0 Å². The van der Waals surface area contributed by atoms with Gasteiger partial charge in [-0.3, -0.25) is 0 Å². The summed E-state index contributed by atoms with van der Waals surface area (Å²) in [5.41, 5.74) is 2.92. The second kappa shape index (κ2) is 2.42. The van der Waals surface area contributed by atoms with Gasteiger partial charge >= 0.3 is 0 Å². The van der Waals surface area contributed by atoms with Crippen LogP contribution in [0.4, 0.5) is 0 Å². The maximum atomic E-state index is 3.94. The first-order valence-electron chi connectivity index (χ1n) is 3.15. The van der Waals surface area contributed by atoms with Crippen molar-refractivity contribution in [2.24, 2.45) is 5.10 Å². The minimum Gasteiger partial charge on any atom is -0.305 e. The molecule has 0 aliphatic carbocycles. The Morgan fingerprint density at radius 3 is 2.80 bits per heavy atom. The highest BCUT2D eigenvalue weighted by Crippen LogP contribution is 2.23. The largest absolute Gasteiger partial charge is 0.305 e. The monoisotopic (exact) mass is 152 g/mol. The molecule has 0 spiro atoms. The Morgan fingerprint density at radius 1 is 1.40 bits per heavy atom. The summed E-state index contributed by atoms with van der Waals surface area (Å²) >= 11 is 0. The molecule has 2 heterocycles. The van der Waals surface area contributed by atoms with E-state index in [-0.39, 0.29) is 10.5 Å². The van der Waals surface area contributed by atoms with Gasteiger partial charge in [0.2, 0.25) is 0 Å². The van der Waals surface area contributed by atoms with E-state index in [2.05, 4.69) is 33.5 Å². The topological polar surface area (TPSA) is 24.4 Å². The minimum absolute atomic E-state index is 0.241. The maximum absolute atomic E-state index is 3.94. The third kappa shape index (κ3) is 0.926. The zero-order valence-electron chi connectivity index (χ0n) is 5.45. The van der Waals surface area contributed by atoms with Gasteiger partial charge in [0, 0.05) is 4.86 Å². The Hall–Kier alpha value is -0.830. The van der Waals surface area contributed by atoms with Crippen molar-refractivity contribution in [2.75, 3.05) is 6.54 Å². The van der Waals surface area contributed by atoms with Gasteiger partial charge in [-0.1, -0.05) is 12.2 Å². The van der Waals surface area contributed by atoms with Crippen molar-refractivity contribution < 1.29 is 0 Å². The fraction of sp³-hybridized carbons (Fsp3) is 0.143. The molecule has 2 rings (SSSR count). The van der Waals surface area contributed by atoms with Crippen LogP contribution in [0.5, 0.6) is 0 Å². The van der Waals surface area contributed by atoms with Gasteiger partial charge < -0.3 is 5.43 Å². The Kier molecular flexibility index (Phi) is 1.43. The Labute approximate surface area is 62.2 Å². The third-order valence-corrected chi connectivity index (χ3v) is 3.17. The number of hydrazone groups is 1. The molecule has 0 saturated carbocycles. The van der Waals surface area contributed by atoms with Crippen LogP contribution in [0.25, 0.3) is 0 Å². The second-order valence-corrected chi connectivity index (χ2v) is 3.90. The van der Waals surface area contributed by atoms with E-state index in [0.29, 0.717) is 0 Å². The van der Waals surface area contributed by atoms with E-state index < -0.39 is 0 Å². The lowest BCUT2D eigenvalue weighted by atomic mass is 10.5. The van der Waals surface area contributed by atoms with Crippen LogP contribution in [-0.4, -0.2) is 17.6 Å². The summed E-state index contributed by atoms with van der Waals surface area (Å²) in [7, 11) is 0.241. The van der Waals surface area contributed by atoms with Gasteiger partial charge in [0.25, 0.3) is 0 Å². The number of hydrogen-bond acceptors (Lipinski definition) is 2. The van der Waals surface area contributed by atoms with E-state index in [4.69, 9.17) is 0 Å². The molecule has 2 aliphatic rings. The smallest absolute Gasteiger partial charge is 0.0653 e. The summed E-state index contributed by atoms with van der Waals surface area (Å²) in [4.78, 5) is 1.38. The van der Waals surface area contributed by atoms with Crippen LogP contribution >= 0.6 is 10.5 Å². The second-order valence-electron chi connectivity index (χ2n) is 2.09. The molecular weight excluding hydrogens is 144 g/mol. The summed E-state index contributed by atoms with van der Waals surface area (Å²) in [6.45, 7) is 0.914. The molecule has 2 nitrogen and oxygen atoms in total. The predicted octanol–water partition coefficient (Wildman–Crippen LogP) is 1.06. The number of hydrogen-bond donors (Lipinski definition) is 1. The summed E-state index contributed by atoms with van der Waals surface area (Å²) in [5.74, 6) is 0. The summed E-state index contributed by atoms with van der Waals surface area (Å²) < 4.78 is 0. The lowest BCUT2D eigenvalue weighted by Crippen LogP contribution is -2.07. The molecule has 0 unspecified atom stereocenters. The van der Waals surface area contributed by atoms with Crippen molar-refractivity contribution in [3.05, 3.63) is 23.0 Å². The molecule has 0 saturated heterocycles. The molecule has 0 amide bonds. The van der Waals surface area contributed by atoms with Gasteiger partial charge in [0.15, 0.2) is 0 Å². The van der Waals surface area contributed by atoms with Gasteiger partial charge in [-0.15, -0.1) is 10.5 Å². The van der Waals surface area contributed by atoms with Crippen LogP contribution in [0, 0.1) is 0 Å². The van der Waals surface area contributed by atoms with Crippen LogP contribution in [0.15, 0.2) is 28.1 Å². The van der Waals surface area contributed by atoms with Gasteiger partial charge in [-0.2, -0.15) is 5.10 Å². The molecule has 10 heavy (non-hydrogen) atoms. The summed E-state index contributed by atoms with van der Waals surface area (Å²) in [5, 5.41) is 8.34. The first-order valence-corrected chi connectivity index (χ1v) is 4.50. The average Bonchev–Trinajstić information content (AvgIpc) is 2.59. The van der Waals surface area contributed by atoms with Crippen LogP contribution in [-0.2, 0) is 0 Å². The van der Waals surface area contributed by atoms with Crippen molar-refractivity contribution in [3.8, 4) is 0 Å². The molecule has 3 heteroatoms. The molecular formula is C7H8N2S. The Bertz CT molecular complexity index is 247. The highest BCUT2D eigenvalue weighted by atomic mass is 32.2. The molecule has 0 radical (unpaired) electrons. The maximum Gasteiger partial charge on any atom is 0.0653 e. The number of rotatable bonds is 0. The fourth-order valence-electron chi connectivity index (χ4n) is 0.911. The van der Waals surface area contributed by atoms with Crippen molar-refractivity contribution in [1.29, 1.82) is 0 Å². The van der Waals surface area contributed by atoms with E-state index in [0.717, 1.165) is 6.54 Å². The van der Waals surface area contributed by atoms with Crippen molar-refractivity contribution in [2.45, 2.75) is 0 Å². The zero-order valence-corrected chi connectivity index (χ0v) is 6.27. The van der Waals surface area contributed by atoms with E-state index in [1.54, 1.807) is 0 Å². The van der Waals surface area contributed by atoms with Crippen LogP contribution in [0.2, 0.25) is 0 Å². The Balaban J connectivity index is 2.36. The quantitative estimate of drug-likeness (QED) is 0.516. The van der Waals surface area contributed by atoms with Crippen LogP contribution < -0.4 is 5.43 Å². The molecule has 0 aromatic heterocycles. The van der Waals surface area contributed by atoms with Gasteiger partial charge in [0.1, 0.15) is 0 Å². The summed E-state index contributed by atoms with van der Waals surface area (Å²) in [6, 6.07) is 0. The fourth-order valence-corrected chi connectivity index (χ4v) is 2.28. The lowest BCUT2D eigenvalue weighted by Gasteiger charge is -1.95. The standard InChI is InChI=1S/C7H8N2S/c1-2-4-10(3-1)7-5-8-9-6-7/h1-5,9H,6H2. The minimum atomic E-state index is 0.241. The van der Waals surface area contributed by atoms with Crippen molar-refractivity contribution in [3.63, 3.8) is 0 Å². The van der Waals surface area contributed by atoms with Gasteiger partial charge in [-0.05, 0) is 10.8 Å². The number of nitrogens with one attached hydrogen (secondary N) is 1. The van der Waals surface area contributed by atoms with Crippen molar-refractivity contribution >= 4 is 21.6 Å². The SMILES string of the molecule is C1=CS(=C2C=NNC2)C=C1. The third-order valence-electron chi connectivity index (χ3n) is 1.42. The molecule has 0 aromatic carbocycles. The Morgan fingerprint density at radius 2 is 2.20 bits per heavy atom. The van der Waals surface area contributed by atoms with Crippen LogP contribution in [0.1, 0.15) is 0 Å². The van der Waals surface area contributed by atoms with E-state index >= 15 is 0 Å². The molecule has 1 N–H and O–H groups in total. The molecule has 2 aliphatic heterocycles. The summed E-state index contributed by atoms with van der Waals surface area (Å²) in [6.07, 6.45) is 6.09. The average molecular weight is 152 g/mol. The molecule has 0 atom stereocenters. The van der Waals surface area contributed by atoms with E-state index in [9.17, 15) is 0 Å². The lowest BCUT2D eigenvalue weighted by molar-refractivity contribution is 0.883. The van der Waals surface area contributed by atoms with Crippen LogP contribution in [0.3, 0.4) is 0 Å². The van der Waals surface area contributed by atoms with E-state index in [1.165, 1.54) is 4.86 Å². The zero-order chi connectivity index (χ0) is 6.81. The van der Waals surface area contributed by atoms with Crippen molar-refractivity contribution in [1.82, 2.24) is 5.43 Å². The first-order chi connectivity index (χ1) is 4.97.